The van der Waals surface area contributed by atoms with Crippen LogP contribution in [0.4, 0.5) is 0 Å². The summed E-state index contributed by atoms with van der Waals surface area (Å²) in [7, 11) is -3.68. The molecular weight excluding hydrogens is 268 g/mol. The molecule has 0 aliphatic carbocycles. The average molecular weight is 284 g/mol. The molecule has 2 N–H and O–H groups in total. The first kappa shape index (κ1) is 14.1. The molecule has 0 aromatic heterocycles. The Balaban J connectivity index is 2.18. The van der Waals surface area contributed by atoms with E-state index in [-0.39, 0.29) is 10.7 Å². The van der Waals surface area contributed by atoms with Gasteiger partial charge < -0.3 is 10.1 Å². The number of nitrogens with one attached hydrogen (secondary N) is 2. The average Bonchev–Trinajstić information content (AvgIpc) is 2.39. The van der Waals surface area contributed by atoms with Crippen LogP contribution in [0.2, 0.25) is 0 Å². The first-order valence-corrected chi connectivity index (χ1v) is 7.43. The predicted molar refractivity (Wildman–Crippen MR) is 69.4 cm³/mol. The van der Waals surface area contributed by atoms with Crippen molar-refractivity contribution in [2.45, 2.75) is 18.0 Å². The number of benzene rings is 1. The molecule has 1 fully saturated rings. The highest BCUT2D eigenvalue weighted by molar-refractivity contribution is 7.89. The Kier molecular flexibility index (Phi) is 4.31. The molecule has 0 amide bonds. The summed E-state index contributed by atoms with van der Waals surface area (Å²) in [6, 6.07) is 5.94. The van der Waals surface area contributed by atoms with Gasteiger partial charge in [-0.25, -0.2) is 8.42 Å². The van der Waals surface area contributed by atoms with Crippen LogP contribution in [-0.2, 0) is 14.8 Å². The summed E-state index contributed by atoms with van der Waals surface area (Å²) in [4.78, 5) is 11.3. The summed E-state index contributed by atoms with van der Waals surface area (Å²) in [5, 5.41) is 3.03. The third kappa shape index (κ3) is 3.60. The van der Waals surface area contributed by atoms with Gasteiger partial charge in [0.25, 0.3) is 0 Å². The molecule has 7 heteroatoms. The molecular formula is C12H16N2O4S. The molecule has 6 nitrogen and oxygen atoms in total. The number of hydrogen-bond acceptors (Lipinski definition) is 5. The fourth-order valence-electron chi connectivity index (χ4n) is 1.76. The minimum atomic E-state index is -3.68. The van der Waals surface area contributed by atoms with Gasteiger partial charge in [0.1, 0.15) is 6.23 Å². The third-order valence-corrected chi connectivity index (χ3v) is 4.21. The molecule has 1 heterocycles. The lowest BCUT2D eigenvalue weighted by atomic mass is 10.2. The highest BCUT2D eigenvalue weighted by Crippen LogP contribution is 2.13. The van der Waals surface area contributed by atoms with E-state index in [1.807, 2.05) is 0 Å². The zero-order valence-corrected chi connectivity index (χ0v) is 11.4. The van der Waals surface area contributed by atoms with Crippen LogP contribution >= 0.6 is 0 Å². The van der Waals surface area contributed by atoms with E-state index in [0.29, 0.717) is 25.3 Å². The lowest BCUT2D eigenvalue weighted by Gasteiger charge is -2.24. The largest absolute Gasteiger partial charge is 0.360 e. The van der Waals surface area contributed by atoms with Gasteiger partial charge in [0.15, 0.2) is 5.78 Å². The van der Waals surface area contributed by atoms with Crippen LogP contribution in [0.5, 0.6) is 0 Å². The lowest BCUT2D eigenvalue weighted by Crippen LogP contribution is -2.48. The molecule has 1 saturated heterocycles. The second-order valence-corrected chi connectivity index (χ2v) is 5.98. The number of ether oxygens (including phenoxy) is 1. The van der Waals surface area contributed by atoms with Gasteiger partial charge in [-0.1, -0.05) is 12.1 Å². The highest BCUT2D eigenvalue weighted by Gasteiger charge is 2.22. The minimum Gasteiger partial charge on any atom is -0.360 e. The van der Waals surface area contributed by atoms with Crippen LogP contribution in [0.1, 0.15) is 17.3 Å². The van der Waals surface area contributed by atoms with Crippen LogP contribution in [0, 0.1) is 0 Å². The topological polar surface area (TPSA) is 84.5 Å². The van der Waals surface area contributed by atoms with Gasteiger partial charge in [-0.3, -0.25) is 4.79 Å². The van der Waals surface area contributed by atoms with Crippen LogP contribution in [0.25, 0.3) is 0 Å². The fourth-order valence-corrected chi connectivity index (χ4v) is 2.94. The number of Topliss-reactive ketones (excluding diaryl/α,β-unsaturated/α-hetero) is 1. The second-order valence-electron chi connectivity index (χ2n) is 4.27. The van der Waals surface area contributed by atoms with Crippen LogP contribution in [0.15, 0.2) is 29.2 Å². The summed E-state index contributed by atoms with van der Waals surface area (Å²) in [6.45, 7) is 2.98. The molecule has 1 aliphatic rings. The number of carbonyl (C=O) groups is 1. The fraction of sp³-hybridized carbons (Fsp3) is 0.417. The Labute approximate surface area is 112 Å². The first-order valence-electron chi connectivity index (χ1n) is 5.95. The molecule has 1 aromatic rings. The zero-order chi connectivity index (χ0) is 13.9. The molecule has 0 saturated carbocycles. The first-order chi connectivity index (χ1) is 8.99. The summed E-state index contributed by atoms with van der Waals surface area (Å²) in [6.07, 6.45) is -0.584. The summed E-state index contributed by atoms with van der Waals surface area (Å²) < 4.78 is 32.0. The molecule has 1 aliphatic heterocycles. The van der Waals surface area contributed by atoms with E-state index in [4.69, 9.17) is 4.74 Å². The smallest absolute Gasteiger partial charge is 0.242 e. The molecule has 1 atom stereocenters. The summed E-state index contributed by atoms with van der Waals surface area (Å²) in [5.41, 5.74) is 0.366. The van der Waals surface area contributed by atoms with Crippen molar-refractivity contribution < 1.29 is 17.9 Å². The van der Waals surface area contributed by atoms with Gasteiger partial charge in [0.2, 0.25) is 10.0 Å². The number of ketones is 1. The molecule has 0 radical (unpaired) electrons. The zero-order valence-electron chi connectivity index (χ0n) is 10.5. The van der Waals surface area contributed by atoms with E-state index in [9.17, 15) is 13.2 Å². The Morgan fingerprint density at radius 1 is 1.47 bits per heavy atom. The highest BCUT2D eigenvalue weighted by atomic mass is 32.2. The van der Waals surface area contributed by atoms with E-state index in [1.54, 1.807) is 12.1 Å². The van der Waals surface area contributed by atoms with Crippen molar-refractivity contribution in [1.29, 1.82) is 0 Å². The standard InChI is InChI=1S/C12H16N2O4S/c1-9(15)10-3-2-4-11(7-10)19(16,17)14-12-8-13-5-6-18-12/h2-4,7,12-14H,5-6,8H2,1H3. The normalized spacial score (nSPS) is 20.2. The van der Waals surface area contributed by atoms with E-state index >= 15 is 0 Å². The number of carbonyl (C=O) groups excluding carboxylic acids is 1. The maximum atomic E-state index is 12.1. The molecule has 19 heavy (non-hydrogen) atoms. The van der Waals surface area contributed by atoms with Crippen molar-refractivity contribution >= 4 is 15.8 Å². The van der Waals surface area contributed by atoms with E-state index < -0.39 is 16.3 Å². The number of morpholine rings is 1. The maximum absolute atomic E-state index is 12.1. The number of hydrogen-bond donors (Lipinski definition) is 2. The van der Waals surface area contributed by atoms with Crippen molar-refractivity contribution in [3.8, 4) is 0 Å². The van der Waals surface area contributed by atoms with E-state index in [2.05, 4.69) is 10.0 Å². The van der Waals surface area contributed by atoms with Crippen LogP contribution in [0.3, 0.4) is 0 Å². The van der Waals surface area contributed by atoms with Crippen molar-refractivity contribution in [2.75, 3.05) is 19.7 Å². The Hall–Kier alpha value is -1.28. The second kappa shape index (κ2) is 5.79. The van der Waals surface area contributed by atoms with E-state index in [0.717, 1.165) is 0 Å². The van der Waals surface area contributed by atoms with Crippen molar-refractivity contribution in [2.24, 2.45) is 0 Å². The van der Waals surface area contributed by atoms with Gasteiger partial charge in [0.05, 0.1) is 11.5 Å². The van der Waals surface area contributed by atoms with Crippen molar-refractivity contribution in [1.82, 2.24) is 10.0 Å². The Bertz CT molecular complexity index is 565. The van der Waals surface area contributed by atoms with Gasteiger partial charge in [-0.2, -0.15) is 4.72 Å². The summed E-state index contributed by atoms with van der Waals surface area (Å²) >= 11 is 0. The molecule has 0 spiro atoms. The van der Waals surface area contributed by atoms with Gasteiger partial charge in [0, 0.05) is 18.7 Å². The number of sulfonamides is 1. The molecule has 104 valence electrons. The Morgan fingerprint density at radius 3 is 2.89 bits per heavy atom. The van der Waals surface area contributed by atoms with Gasteiger partial charge >= 0.3 is 0 Å². The monoisotopic (exact) mass is 284 g/mol. The van der Waals surface area contributed by atoms with Gasteiger partial charge in [-0.15, -0.1) is 0 Å². The molecule has 1 aromatic carbocycles. The Morgan fingerprint density at radius 2 is 2.26 bits per heavy atom. The van der Waals surface area contributed by atoms with E-state index in [1.165, 1.54) is 19.1 Å². The van der Waals surface area contributed by atoms with Crippen molar-refractivity contribution in [3.05, 3.63) is 29.8 Å². The molecule has 0 bridgehead atoms. The SMILES string of the molecule is CC(=O)c1cccc(S(=O)(=O)NC2CNCCO2)c1. The van der Waals surface area contributed by atoms with Crippen LogP contribution < -0.4 is 10.0 Å². The van der Waals surface area contributed by atoms with Crippen molar-refractivity contribution in [3.63, 3.8) is 0 Å². The maximum Gasteiger partial charge on any atom is 0.242 e. The minimum absolute atomic E-state index is 0.0642. The predicted octanol–water partition coefficient (Wildman–Crippen LogP) is 0.113. The quantitative estimate of drug-likeness (QED) is 0.767. The van der Waals surface area contributed by atoms with Crippen LogP contribution in [-0.4, -0.2) is 40.1 Å². The molecule has 2 rings (SSSR count). The molecule has 1 unspecified atom stereocenters. The third-order valence-electron chi connectivity index (χ3n) is 2.77. The summed E-state index contributed by atoms with van der Waals surface area (Å²) in [5.74, 6) is -0.173. The van der Waals surface area contributed by atoms with Gasteiger partial charge in [-0.05, 0) is 19.1 Å². The number of rotatable bonds is 4. The lowest BCUT2D eigenvalue weighted by molar-refractivity contribution is 0.0219.